The van der Waals surface area contributed by atoms with Crippen molar-refractivity contribution < 1.29 is 15.3 Å². The molecule has 0 bridgehead atoms. The second-order valence-corrected chi connectivity index (χ2v) is 14.8. The molecular weight excluding hydrogens is 408 g/mol. The largest absolute Gasteiger partial charge is 0.396 e. The van der Waals surface area contributed by atoms with Crippen LogP contribution in [0.3, 0.4) is 0 Å². The topological polar surface area (TPSA) is 60.7 Å². The molecule has 10 atom stereocenters. The van der Waals surface area contributed by atoms with E-state index in [9.17, 15) is 15.3 Å². The second-order valence-electron chi connectivity index (χ2n) is 14.8. The van der Waals surface area contributed by atoms with Crippen molar-refractivity contribution in [3.63, 3.8) is 0 Å². The van der Waals surface area contributed by atoms with Crippen LogP contribution in [0.4, 0.5) is 0 Å². The minimum Gasteiger partial charge on any atom is -0.396 e. The molecule has 5 rings (SSSR count). The van der Waals surface area contributed by atoms with Crippen molar-refractivity contribution in [2.24, 2.45) is 50.7 Å². The predicted molar refractivity (Wildman–Crippen MR) is 134 cm³/mol. The second kappa shape index (κ2) is 7.56. The molecule has 5 aliphatic rings. The van der Waals surface area contributed by atoms with Crippen LogP contribution in [-0.4, -0.2) is 34.1 Å². The van der Waals surface area contributed by atoms with Crippen molar-refractivity contribution in [2.45, 2.75) is 118 Å². The molecule has 0 radical (unpaired) electrons. The summed E-state index contributed by atoms with van der Waals surface area (Å²) in [6.45, 7) is 14.6. The Bertz CT molecular complexity index is 817. The van der Waals surface area contributed by atoms with Crippen molar-refractivity contribution >= 4 is 0 Å². The van der Waals surface area contributed by atoms with Gasteiger partial charge in [-0.15, -0.1) is 0 Å². The van der Waals surface area contributed by atoms with Gasteiger partial charge in [-0.3, -0.25) is 0 Å². The molecule has 0 aromatic heterocycles. The molecule has 0 spiro atoms. The first-order valence-electron chi connectivity index (χ1n) is 14.0. The highest BCUT2D eigenvalue weighted by Crippen LogP contribution is 2.70. The summed E-state index contributed by atoms with van der Waals surface area (Å²) in [5, 5.41) is 32.1. The summed E-state index contributed by atoms with van der Waals surface area (Å²) in [5.74, 6) is 2.25. The van der Waals surface area contributed by atoms with Gasteiger partial charge in [0.15, 0.2) is 0 Å². The zero-order chi connectivity index (χ0) is 24.0. The lowest BCUT2D eigenvalue weighted by atomic mass is 9.42. The van der Waals surface area contributed by atoms with Crippen LogP contribution in [0.5, 0.6) is 0 Å². The van der Waals surface area contributed by atoms with Gasteiger partial charge in [-0.05, 0) is 110 Å². The molecule has 0 unspecified atom stereocenters. The quantitative estimate of drug-likeness (QED) is 0.415. The van der Waals surface area contributed by atoms with Crippen molar-refractivity contribution in [3.05, 3.63) is 11.6 Å². The van der Waals surface area contributed by atoms with E-state index in [0.717, 1.165) is 25.7 Å². The van der Waals surface area contributed by atoms with Crippen LogP contribution >= 0.6 is 0 Å². The number of hydrogen-bond donors (Lipinski definition) is 3. The zero-order valence-electron chi connectivity index (χ0n) is 22.2. The standard InChI is InChI=1S/C30H50O3/c1-26(2)21-11-14-27(3)17-19-7-9-23-28(4,15-13-25(33)30(23,6)18-31)20(19)8-10-22(27)29(21,5)16-12-24(26)32/h7,20-25,31-33H,8-18H2,1-6H3/t20-,21+,22+,23+,24-,25+,27-,28+,29-,30-/m0/s1. The lowest BCUT2D eigenvalue weighted by Crippen LogP contribution is -2.58. The molecule has 0 aromatic rings. The first-order chi connectivity index (χ1) is 15.3. The molecule has 4 saturated carbocycles. The zero-order valence-corrected chi connectivity index (χ0v) is 22.2. The minimum absolute atomic E-state index is 0.00614. The Morgan fingerprint density at radius 1 is 0.758 bits per heavy atom. The van der Waals surface area contributed by atoms with Crippen LogP contribution in [0.15, 0.2) is 11.6 Å². The van der Waals surface area contributed by atoms with E-state index in [4.69, 9.17) is 0 Å². The Morgan fingerprint density at radius 3 is 2.12 bits per heavy atom. The highest BCUT2D eigenvalue weighted by molar-refractivity contribution is 5.25. The van der Waals surface area contributed by atoms with Crippen LogP contribution < -0.4 is 0 Å². The smallest absolute Gasteiger partial charge is 0.0618 e. The predicted octanol–water partition coefficient (Wildman–Crippen LogP) is 6.11. The minimum atomic E-state index is -0.392. The van der Waals surface area contributed by atoms with Gasteiger partial charge in [0, 0.05) is 5.41 Å². The number of aliphatic hydroxyl groups excluding tert-OH is 3. The van der Waals surface area contributed by atoms with Crippen molar-refractivity contribution in [2.75, 3.05) is 6.61 Å². The third-order valence-electron chi connectivity index (χ3n) is 13.0. The molecule has 4 fully saturated rings. The summed E-state index contributed by atoms with van der Waals surface area (Å²) in [6.07, 6.45) is 13.3. The van der Waals surface area contributed by atoms with Gasteiger partial charge < -0.3 is 15.3 Å². The fourth-order valence-corrected chi connectivity index (χ4v) is 11.0. The summed E-state index contributed by atoms with van der Waals surface area (Å²) in [6, 6.07) is 0. The van der Waals surface area contributed by atoms with E-state index in [2.05, 4.69) is 47.6 Å². The molecule has 0 amide bonds. The third kappa shape index (κ3) is 3.17. The SMILES string of the molecule is CC1(C)[C@H]2CC[C@@]3(C)CC4=CC[C@H]5[C@](C)(CO)[C@H](O)CC[C@]5(C)[C@H]4CC[C@H]3[C@@]2(C)CC[C@@H]1O. The monoisotopic (exact) mass is 458 g/mol. The summed E-state index contributed by atoms with van der Waals surface area (Å²) in [7, 11) is 0. The Kier molecular flexibility index (Phi) is 5.57. The average Bonchev–Trinajstić information content (AvgIpc) is 2.91. The fraction of sp³-hybridized carbons (Fsp3) is 0.933. The Balaban J connectivity index is 1.50. The summed E-state index contributed by atoms with van der Waals surface area (Å²) in [4.78, 5) is 0. The van der Waals surface area contributed by atoms with Gasteiger partial charge in [0.05, 0.1) is 18.8 Å². The van der Waals surface area contributed by atoms with E-state index < -0.39 is 11.5 Å². The maximum absolute atomic E-state index is 10.9. The van der Waals surface area contributed by atoms with Crippen LogP contribution in [0.25, 0.3) is 0 Å². The fourth-order valence-electron chi connectivity index (χ4n) is 11.0. The van der Waals surface area contributed by atoms with E-state index in [1.54, 1.807) is 5.57 Å². The normalized spacial score (nSPS) is 55.8. The molecule has 0 heterocycles. The highest BCUT2D eigenvalue weighted by atomic mass is 16.3. The average molecular weight is 459 g/mol. The Hall–Kier alpha value is -0.380. The molecule has 33 heavy (non-hydrogen) atoms. The van der Waals surface area contributed by atoms with Gasteiger partial charge in [-0.2, -0.15) is 0 Å². The molecular formula is C30H50O3. The molecule has 5 aliphatic carbocycles. The van der Waals surface area contributed by atoms with Crippen LogP contribution in [0.1, 0.15) is 106 Å². The number of fused-ring (bicyclic) bond motifs is 6. The van der Waals surface area contributed by atoms with E-state index >= 15 is 0 Å². The van der Waals surface area contributed by atoms with Crippen molar-refractivity contribution in [1.29, 1.82) is 0 Å². The molecule has 188 valence electrons. The van der Waals surface area contributed by atoms with E-state index in [1.807, 2.05) is 0 Å². The van der Waals surface area contributed by atoms with Crippen molar-refractivity contribution in [1.82, 2.24) is 0 Å². The summed E-state index contributed by atoms with van der Waals surface area (Å²) >= 11 is 0. The van der Waals surface area contributed by atoms with Crippen LogP contribution in [0, 0.1) is 50.7 Å². The van der Waals surface area contributed by atoms with Crippen LogP contribution in [-0.2, 0) is 0 Å². The number of allylic oxidation sites excluding steroid dienone is 2. The van der Waals surface area contributed by atoms with Gasteiger partial charge in [0.1, 0.15) is 0 Å². The lowest BCUT2D eigenvalue weighted by Gasteiger charge is -2.63. The highest BCUT2D eigenvalue weighted by Gasteiger charge is 2.63. The maximum Gasteiger partial charge on any atom is 0.0618 e. The summed E-state index contributed by atoms with van der Waals surface area (Å²) < 4.78 is 0. The first-order valence-corrected chi connectivity index (χ1v) is 14.0. The molecule has 0 saturated heterocycles. The Labute approximate surface area is 202 Å². The van der Waals surface area contributed by atoms with Gasteiger partial charge in [-0.25, -0.2) is 0 Å². The van der Waals surface area contributed by atoms with Gasteiger partial charge in [0.2, 0.25) is 0 Å². The third-order valence-corrected chi connectivity index (χ3v) is 13.0. The van der Waals surface area contributed by atoms with E-state index in [1.165, 1.54) is 38.5 Å². The van der Waals surface area contributed by atoms with Crippen molar-refractivity contribution in [3.8, 4) is 0 Å². The van der Waals surface area contributed by atoms with E-state index in [-0.39, 0.29) is 23.5 Å². The number of aliphatic hydroxyl groups is 3. The first kappa shape index (κ1) is 24.3. The van der Waals surface area contributed by atoms with Gasteiger partial charge >= 0.3 is 0 Å². The number of hydrogen-bond acceptors (Lipinski definition) is 3. The van der Waals surface area contributed by atoms with Gasteiger partial charge in [-0.1, -0.05) is 53.2 Å². The molecule has 0 aromatic carbocycles. The molecule has 0 aliphatic heterocycles. The van der Waals surface area contributed by atoms with Gasteiger partial charge in [0.25, 0.3) is 0 Å². The maximum atomic E-state index is 10.9. The van der Waals surface area contributed by atoms with Crippen LogP contribution in [0.2, 0.25) is 0 Å². The number of rotatable bonds is 1. The molecule has 3 N–H and O–H groups in total. The molecule has 3 nitrogen and oxygen atoms in total. The lowest BCUT2D eigenvalue weighted by molar-refractivity contribution is -0.170. The van der Waals surface area contributed by atoms with E-state index in [0.29, 0.717) is 34.5 Å². The molecule has 3 heteroatoms. The summed E-state index contributed by atoms with van der Waals surface area (Å²) in [5.41, 5.74) is 2.15. The Morgan fingerprint density at radius 2 is 1.42 bits per heavy atom.